The van der Waals surface area contributed by atoms with Crippen LogP contribution >= 0.6 is 0 Å². The van der Waals surface area contributed by atoms with Crippen LogP contribution in [0.15, 0.2) is 43.0 Å². The van der Waals surface area contributed by atoms with Crippen molar-refractivity contribution >= 4 is 6.03 Å². The minimum Gasteiger partial charge on any atom is -0.486 e. The molecule has 0 aliphatic carbocycles. The van der Waals surface area contributed by atoms with Gasteiger partial charge in [-0.25, -0.2) is 9.78 Å². The number of hydrogen-bond acceptors (Lipinski definition) is 4. The molecule has 0 unspecified atom stereocenters. The molecule has 7 nitrogen and oxygen atoms in total. The second kappa shape index (κ2) is 7.72. The van der Waals surface area contributed by atoms with Gasteiger partial charge in [-0.15, -0.1) is 0 Å². The van der Waals surface area contributed by atoms with E-state index in [1.807, 2.05) is 35.0 Å². The largest absolute Gasteiger partial charge is 0.486 e. The summed E-state index contributed by atoms with van der Waals surface area (Å²) in [6.07, 6.45) is 6.11. The lowest BCUT2D eigenvalue weighted by Crippen LogP contribution is -2.45. The van der Waals surface area contributed by atoms with Gasteiger partial charge >= 0.3 is 6.03 Å². The lowest BCUT2D eigenvalue weighted by atomic mass is 10.2. The molecule has 1 atom stereocenters. The highest BCUT2D eigenvalue weighted by Crippen LogP contribution is 2.30. The number of nitrogens with zero attached hydrogens (tertiary/aromatic N) is 3. The van der Waals surface area contributed by atoms with Crippen molar-refractivity contribution in [3.8, 4) is 11.5 Å². The first-order valence-corrected chi connectivity index (χ1v) is 8.05. The number of fused-ring (bicyclic) bond motifs is 1. The van der Waals surface area contributed by atoms with Crippen LogP contribution in [-0.2, 0) is 6.54 Å². The zero-order valence-electron chi connectivity index (χ0n) is 13.7. The third kappa shape index (κ3) is 4.18. The quantitative estimate of drug-likeness (QED) is 0.820. The first-order valence-electron chi connectivity index (χ1n) is 8.05. The second-order valence-electron chi connectivity index (χ2n) is 5.76. The van der Waals surface area contributed by atoms with E-state index in [0.717, 1.165) is 24.5 Å². The number of imidazole rings is 1. The van der Waals surface area contributed by atoms with Gasteiger partial charge in [0.25, 0.3) is 0 Å². The van der Waals surface area contributed by atoms with Crippen molar-refractivity contribution in [3.05, 3.63) is 43.0 Å². The Kier molecular flexibility index (Phi) is 5.20. The smallest absolute Gasteiger partial charge is 0.317 e. The van der Waals surface area contributed by atoms with E-state index >= 15 is 0 Å². The maximum absolute atomic E-state index is 12.1. The van der Waals surface area contributed by atoms with E-state index in [1.165, 1.54) is 0 Å². The van der Waals surface area contributed by atoms with E-state index in [9.17, 15) is 4.79 Å². The Labute approximate surface area is 141 Å². The molecule has 1 aliphatic heterocycles. The summed E-state index contributed by atoms with van der Waals surface area (Å²) < 4.78 is 13.5. The van der Waals surface area contributed by atoms with E-state index in [1.54, 1.807) is 24.5 Å². The van der Waals surface area contributed by atoms with Gasteiger partial charge in [0, 0.05) is 32.5 Å². The average Bonchev–Trinajstić information content (AvgIpc) is 3.12. The molecule has 1 aromatic carbocycles. The van der Waals surface area contributed by atoms with Crippen LogP contribution in [0, 0.1) is 0 Å². The first kappa shape index (κ1) is 16.2. The van der Waals surface area contributed by atoms with Gasteiger partial charge in [0.2, 0.25) is 0 Å². The number of hydrogen-bond donors (Lipinski definition) is 1. The van der Waals surface area contributed by atoms with Crippen LogP contribution < -0.4 is 14.8 Å². The fourth-order valence-corrected chi connectivity index (χ4v) is 2.55. The number of rotatable bonds is 6. The van der Waals surface area contributed by atoms with Crippen LogP contribution in [0.3, 0.4) is 0 Å². The molecule has 2 heterocycles. The molecule has 7 heteroatoms. The Morgan fingerprint density at radius 3 is 3.04 bits per heavy atom. The van der Waals surface area contributed by atoms with E-state index < -0.39 is 0 Å². The van der Waals surface area contributed by atoms with Crippen molar-refractivity contribution in [3.63, 3.8) is 0 Å². The Morgan fingerprint density at radius 1 is 1.42 bits per heavy atom. The van der Waals surface area contributed by atoms with Gasteiger partial charge in [-0.05, 0) is 18.6 Å². The number of aromatic nitrogens is 2. The summed E-state index contributed by atoms with van der Waals surface area (Å²) in [4.78, 5) is 17.7. The van der Waals surface area contributed by atoms with Gasteiger partial charge in [-0.1, -0.05) is 12.1 Å². The molecule has 128 valence electrons. The van der Waals surface area contributed by atoms with E-state index in [-0.39, 0.29) is 12.1 Å². The highest BCUT2D eigenvalue weighted by molar-refractivity contribution is 5.73. The summed E-state index contributed by atoms with van der Waals surface area (Å²) in [7, 11) is 1.76. The lowest BCUT2D eigenvalue weighted by Gasteiger charge is -2.29. The number of benzene rings is 1. The Hall–Kier alpha value is -2.70. The maximum Gasteiger partial charge on any atom is 0.317 e. The number of carbonyl (C=O) groups excluding carboxylic acids is 1. The predicted octanol–water partition coefficient (Wildman–Crippen LogP) is 1.75. The Bertz CT molecular complexity index is 660. The molecule has 0 saturated heterocycles. The number of nitrogens with one attached hydrogen (secondary N) is 1. The molecule has 1 N–H and O–H groups in total. The molecule has 0 saturated carbocycles. The second-order valence-corrected chi connectivity index (χ2v) is 5.76. The zero-order valence-corrected chi connectivity index (χ0v) is 13.7. The first-order chi connectivity index (χ1) is 11.7. The topological polar surface area (TPSA) is 68.6 Å². The van der Waals surface area contributed by atoms with Gasteiger partial charge in [0.1, 0.15) is 6.61 Å². The molecule has 0 spiro atoms. The summed E-state index contributed by atoms with van der Waals surface area (Å²) >= 11 is 0. The summed E-state index contributed by atoms with van der Waals surface area (Å²) in [6, 6.07) is 7.45. The SMILES string of the molecule is CN(C[C@H]1COc2ccccc2O1)C(=O)NCCCn1ccnc1. The molecule has 2 amide bonds. The van der Waals surface area contributed by atoms with Crippen molar-refractivity contribution in [2.24, 2.45) is 0 Å². The fraction of sp³-hybridized carbons (Fsp3) is 0.412. The summed E-state index contributed by atoms with van der Waals surface area (Å²) in [6.45, 7) is 2.36. The third-order valence-electron chi connectivity index (χ3n) is 3.82. The van der Waals surface area contributed by atoms with Gasteiger partial charge < -0.3 is 24.3 Å². The van der Waals surface area contributed by atoms with Gasteiger partial charge in [0.05, 0.1) is 12.9 Å². The Balaban J connectivity index is 1.38. The molecule has 24 heavy (non-hydrogen) atoms. The molecule has 2 aromatic rings. The average molecular weight is 330 g/mol. The van der Waals surface area contributed by atoms with E-state index in [2.05, 4.69) is 10.3 Å². The van der Waals surface area contributed by atoms with Gasteiger partial charge in [0.15, 0.2) is 17.6 Å². The fourth-order valence-electron chi connectivity index (χ4n) is 2.55. The Morgan fingerprint density at radius 2 is 2.25 bits per heavy atom. The van der Waals surface area contributed by atoms with Crippen molar-refractivity contribution in [1.82, 2.24) is 19.8 Å². The predicted molar refractivity (Wildman–Crippen MR) is 89.2 cm³/mol. The summed E-state index contributed by atoms with van der Waals surface area (Å²) in [5.41, 5.74) is 0. The molecule has 1 aliphatic rings. The number of ether oxygens (including phenoxy) is 2. The monoisotopic (exact) mass is 330 g/mol. The number of carbonyl (C=O) groups is 1. The van der Waals surface area contributed by atoms with Crippen molar-refractivity contribution < 1.29 is 14.3 Å². The van der Waals surface area contributed by atoms with Crippen LogP contribution in [0.2, 0.25) is 0 Å². The standard InChI is InChI=1S/C17H22N4O3/c1-20(17(22)19-7-4-9-21-10-8-18-13-21)11-14-12-23-15-5-2-3-6-16(15)24-14/h2-3,5-6,8,10,13-14H,4,7,9,11-12H2,1H3,(H,19,22)/t14-/m0/s1. The molecular weight excluding hydrogens is 308 g/mol. The lowest BCUT2D eigenvalue weighted by molar-refractivity contribution is 0.0716. The van der Waals surface area contributed by atoms with Crippen molar-refractivity contribution in [1.29, 1.82) is 0 Å². The van der Waals surface area contributed by atoms with Crippen molar-refractivity contribution in [2.75, 3.05) is 26.7 Å². The normalized spacial score (nSPS) is 15.8. The molecule has 0 bridgehead atoms. The van der Waals surface area contributed by atoms with E-state index in [4.69, 9.17) is 9.47 Å². The highest BCUT2D eigenvalue weighted by atomic mass is 16.6. The van der Waals surface area contributed by atoms with Crippen molar-refractivity contribution in [2.45, 2.75) is 19.1 Å². The molecule has 3 rings (SSSR count). The molecular formula is C17H22N4O3. The molecule has 1 aromatic heterocycles. The maximum atomic E-state index is 12.1. The summed E-state index contributed by atoms with van der Waals surface area (Å²) in [5, 5.41) is 2.91. The number of amides is 2. The zero-order chi connectivity index (χ0) is 16.8. The molecule has 0 fully saturated rings. The third-order valence-corrected chi connectivity index (χ3v) is 3.82. The van der Waals surface area contributed by atoms with Gasteiger partial charge in [-0.2, -0.15) is 0 Å². The number of aryl methyl sites for hydroxylation is 1. The van der Waals surface area contributed by atoms with E-state index in [0.29, 0.717) is 19.7 Å². The number of likely N-dealkylation sites (N-methyl/N-ethyl adjacent to an activating group) is 1. The van der Waals surface area contributed by atoms with Crippen LogP contribution in [0.4, 0.5) is 4.79 Å². The van der Waals surface area contributed by atoms with Crippen LogP contribution in [0.1, 0.15) is 6.42 Å². The minimum atomic E-state index is -0.165. The number of urea groups is 1. The highest BCUT2D eigenvalue weighted by Gasteiger charge is 2.23. The molecule has 0 radical (unpaired) electrons. The summed E-state index contributed by atoms with van der Waals surface area (Å²) in [5.74, 6) is 1.48. The van der Waals surface area contributed by atoms with Crippen LogP contribution in [0.5, 0.6) is 11.5 Å². The van der Waals surface area contributed by atoms with Crippen LogP contribution in [-0.4, -0.2) is 53.3 Å². The minimum absolute atomic E-state index is 0.108. The van der Waals surface area contributed by atoms with Gasteiger partial charge in [-0.3, -0.25) is 0 Å². The number of para-hydroxylation sites is 2. The van der Waals surface area contributed by atoms with Crippen LogP contribution in [0.25, 0.3) is 0 Å².